The molecule has 1 aliphatic rings. The van der Waals surface area contributed by atoms with Gasteiger partial charge in [0, 0.05) is 43.1 Å². The number of aryl methyl sites for hydroxylation is 2. The topological polar surface area (TPSA) is 52.3 Å². The lowest BCUT2D eigenvalue weighted by Gasteiger charge is -2.36. The van der Waals surface area contributed by atoms with E-state index in [-0.39, 0.29) is 5.78 Å². The van der Waals surface area contributed by atoms with E-state index >= 15 is 0 Å². The molecule has 0 aliphatic carbocycles. The number of nitrogens with zero attached hydrogens (tertiary/aromatic N) is 4. The summed E-state index contributed by atoms with van der Waals surface area (Å²) in [6.45, 7) is 9.95. The Balaban J connectivity index is 1.68. The summed E-state index contributed by atoms with van der Waals surface area (Å²) in [5.41, 5.74) is 4.51. The monoisotopic (exact) mass is 380 g/mol. The molecule has 1 saturated heterocycles. The van der Waals surface area contributed by atoms with Gasteiger partial charge >= 0.3 is 0 Å². The highest BCUT2D eigenvalue weighted by atomic mass is 32.1. The van der Waals surface area contributed by atoms with E-state index in [2.05, 4.69) is 20.4 Å². The zero-order chi connectivity index (χ0) is 19.6. The van der Waals surface area contributed by atoms with Gasteiger partial charge in [0.25, 0.3) is 0 Å². The quantitative estimate of drug-likeness (QED) is 0.598. The number of benzene rings is 1. The Morgan fingerprint density at radius 2 is 1.78 bits per heavy atom. The first-order valence-corrected chi connectivity index (χ1v) is 9.51. The average molecular weight is 381 g/mol. The van der Waals surface area contributed by atoms with Gasteiger partial charge < -0.3 is 9.47 Å². The van der Waals surface area contributed by atoms with Crippen molar-refractivity contribution in [2.24, 2.45) is 0 Å². The molecule has 0 unspecified atom stereocenters. The molecule has 1 aromatic heterocycles. The van der Waals surface area contributed by atoms with E-state index in [1.807, 2.05) is 44.2 Å². The summed E-state index contributed by atoms with van der Waals surface area (Å²) in [4.78, 5) is 16.1. The molecular weight excluding hydrogens is 356 g/mol. The van der Waals surface area contributed by atoms with Crippen molar-refractivity contribution in [3.05, 3.63) is 57.4 Å². The highest BCUT2D eigenvalue weighted by Crippen LogP contribution is 2.19. The molecule has 6 heteroatoms. The van der Waals surface area contributed by atoms with Crippen LogP contribution in [0.3, 0.4) is 0 Å². The van der Waals surface area contributed by atoms with E-state index in [4.69, 9.17) is 12.2 Å². The van der Waals surface area contributed by atoms with Crippen LogP contribution >= 0.6 is 12.2 Å². The van der Waals surface area contributed by atoms with Crippen LogP contribution in [0, 0.1) is 29.8 Å². The summed E-state index contributed by atoms with van der Waals surface area (Å²) in [5.74, 6) is 0.0910. The third-order valence-corrected chi connectivity index (χ3v) is 5.59. The fourth-order valence-electron chi connectivity index (χ4n) is 3.49. The lowest BCUT2D eigenvalue weighted by Crippen LogP contribution is -2.47. The Labute approximate surface area is 165 Å². The van der Waals surface area contributed by atoms with Crippen LogP contribution in [0.25, 0.3) is 0 Å². The van der Waals surface area contributed by atoms with Gasteiger partial charge in [-0.3, -0.25) is 9.69 Å². The van der Waals surface area contributed by atoms with Crippen LogP contribution in [-0.4, -0.2) is 41.4 Å². The van der Waals surface area contributed by atoms with E-state index < -0.39 is 0 Å². The van der Waals surface area contributed by atoms with Crippen molar-refractivity contribution in [1.82, 2.24) is 9.47 Å². The zero-order valence-corrected chi connectivity index (χ0v) is 16.8. The lowest BCUT2D eigenvalue weighted by atomic mass is 10.1. The molecule has 1 fully saturated rings. The molecule has 2 aromatic rings. The number of rotatable bonds is 4. The van der Waals surface area contributed by atoms with Crippen LogP contribution in [0.15, 0.2) is 30.3 Å². The van der Waals surface area contributed by atoms with Crippen molar-refractivity contribution in [2.45, 2.75) is 27.4 Å². The number of carbonyl (C=O) groups is 1. The first-order chi connectivity index (χ1) is 12.9. The van der Waals surface area contributed by atoms with Crippen LogP contribution in [0.5, 0.6) is 0 Å². The number of carbonyl (C=O) groups excluding carboxylic acids is 1. The molecule has 140 valence electrons. The molecule has 3 rings (SSSR count). The zero-order valence-electron chi connectivity index (χ0n) is 16.0. The van der Waals surface area contributed by atoms with Gasteiger partial charge in [-0.05, 0) is 56.7 Å². The Morgan fingerprint density at radius 1 is 1.15 bits per heavy atom. The standard InChI is InChI=1S/C21H24N4OS/c1-15-12-16(2)25(21(27)20(15)13-22)14-23-8-10-24(11-9-23)19-6-4-18(5-7-19)17(3)26/h4-7,12H,8-11,14H2,1-3H3. The maximum Gasteiger partial charge on any atom is 0.159 e. The average Bonchev–Trinajstić information content (AvgIpc) is 2.66. The number of anilines is 1. The number of ketones is 1. The normalized spacial score (nSPS) is 14.8. The van der Waals surface area contributed by atoms with E-state index in [1.54, 1.807) is 6.92 Å². The minimum absolute atomic E-state index is 0.0910. The first-order valence-electron chi connectivity index (χ1n) is 9.10. The molecule has 0 atom stereocenters. The third kappa shape index (κ3) is 4.10. The summed E-state index contributed by atoms with van der Waals surface area (Å²) in [7, 11) is 0. The van der Waals surface area contributed by atoms with Crippen molar-refractivity contribution < 1.29 is 4.79 Å². The largest absolute Gasteiger partial charge is 0.369 e. The second kappa shape index (κ2) is 8.03. The van der Waals surface area contributed by atoms with Crippen LogP contribution < -0.4 is 4.90 Å². The Bertz CT molecular complexity index is 948. The number of hydrogen-bond donors (Lipinski definition) is 0. The van der Waals surface area contributed by atoms with Crippen molar-refractivity contribution in [3.8, 4) is 6.07 Å². The highest BCUT2D eigenvalue weighted by Gasteiger charge is 2.19. The molecule has 2 heterocycles. The molecule has 0 amide bonds. The van der Waals surface area contributed by atoms with Crippen molar-refractivity contribution >= 4 is 23.7 Å². The third-order valence-electron chi connectivity index (χ3n) is 5.17. The van der Waals surface area contributed by atoms with Crippen molar-refractivity contribution in [1.29, 1.82) is 5.26 Å². The van der Waals surface area contributed by atoms with Gasteiger partial charge in [0.15, 0.2) is 5.78 Å². The molecule has 27 heavy (non-hydrogen) atoms. The molecule has 0 N–H and O–H groups in total. The maximum absolute atomic E-state index is 11.4. The molecule has 0 radical (unpaired) electrons. The highest BCUT2D eigenvalue weighted by molar-refractivity contribution is 7.71. The van der Waals surface area contributed by atoms with Gasteiger partial charge in [-0.15, -0.1) is 0 Å². The first kappa shape index (κ1) is 19.3. The smallest absolute Gasteiger partial charge is 0.159 e. The Kier molecular flexibility index (Phi) is 5.73. The molecular formula is C21H24N4OS. The fourth-order valence-corrected chi connectivity index (χ4v) is 3.90. The van der Waals surface area contributed by atoms with Gasteiger partial charge in [-0.2, -0.15) is 5.26 Å². The second-order valence-corrected chi connectivity index (χ2v) is 7.42. The van der Waals surface area contributed by atoms with E-state index in [0.717, 1.165) is 48.7 Å². The Hall–Kier alpha value is -2.49. The van der Waals surface area contributed by atoms with E-state index in [0.29, 0.717) is 16.9 Å². The van der Waals surface area contributed by atoms with Crippen LogP contribution in [0.2, 0.25) is 0 Å². The summed E-state index contributed by atoms with van der Waals surface area (Å²) in [5, 5.41) is 9.36. The van der Waals surface area contributed by atoms with Crippen molar-refractivity contribution in [2.75, 3.05) is 31.1 Å². The summed E-state index contributed by atoms with van der Waals surface area (Å²) in [6, 6.07) is 12.1. The molecule has 0 bridgehead atoms. The SMILES string of the molecule is CC(=O)c1ccc(N2CCN(Cn3c(C)cc(C)c(C#N)c3=S)CC2)cc1. The van der Waals surface area contributed by atoms with Gasteiger partial charge in [0.1, 0.15) is 10.7 Å². The number of hydrogen-bond acceptors (Lipinski definition) is 5. The summed E-state index contributed by atoms with van der Waals surface area (Å²) in [6.07, 6.45) is 0. The number of nitriles is 1. The molecule has 0 spiro atoms. The van der Waals surface area contributed by atoms with E-state index in [9.17, 15) is 10.1 Å². The number of piperazine rings is 1. The van der Waals surface area contributed by atoms with Gasteiger partial charge in [0.2, 0.25) is 0 Å². The molecule has 0 saturated carbocycles. The number of Topliss-reactive ketones (excluding diaryl/α,β-unsaturated/α-hetero) is 1. The Morgan fingerprint density at radius 3 is 2.33 bits per heavy atom. The molecule has 5 nitrogen and oxygen atoms in total. The van der Waals surface area contributed by atoms with Crippen LogP contribution in [0.1, 0.15) is 34.1 Å². The minimum Gasteiger partial charge on any atom is -0.369 e. The number of pyridine rings is 1. The van der Waals surface area contributed by atoms with Crippen LogP contribution in [0.4, 0.5) is 5.69 Å². The predicted molar refractivity (Wildman–Crippen MR) is 110 cm³/mol. The van der Waals surface area contributed by atoms with Crippen molar-refractivity contribution in [3.63, 3.8) is 0 Å². The minimum atomic E-state index is 0.0910. The van der Waals surface area contributed by atoms with Gasteiger partial charge in [-0.25, -0.2) is 0 Å². The van der Waals surface area contributed by atoms with Gasteiger partial charge in [0.05, 0.1) is 12.2 Å². The fraction of sp³-hybridized carbons (Fsp3) is 0.381. The maximum atomic E-state index is 11.4. The molecule has 1 aromatic carbocycles. The van der Waals surface area contributed by atoms with E-state index in [1.165, 1.54) is 0 Å². The summed E-state index contributed by atoms with van der Waals surface area (Å²) >= 11 is 5.54. The summed E-state index contributed by atoms with van der Waals surface area (Å²) < 4.78 is 2.68. The second-order valence-electron chi connectivity index (χ2n) is 7.04. The molecule has 1 aliphatic heterocycles. The van der Waals surface area contributed by atoms with Gasteiger partial charge in [-0.1, -0.05) is 12.2 Å². The lowest BCUT2D eigenvalue weighted by molar-refractivity contribution is 0.101. The number of aromatic nitrogens is 1. The van der Waals surface area contributed by atoms with Crippen LogP contribution in [-0.2, 0) is 6.67 Å². The predicted octanol–water partition coefficient (Wildman–Crippen LogP) is 3.69.